The predicted molar refractivity (Wildman–Crippen MR) is 94.9 cm³/mol. The van der Waals surface area contributed by atoms with Gasteiger partial charge in [0.1, 0.15) is 12.6 Å². The van der Waals surface area contributed by atoms with Crippen molar-refractivity contribution in [1.29, 1.82) is 0 Å². The summed E-state index contributed by atoms with van der Waals surface area (Å²) in [6.45, 7) is 2.97. The SMILES string of the molecule is C[C@@H]([NH2+]C[C@@H](O)c1ccc([N+](=O)[O-])cc1)C12CC3CC(CC(C3)C1)C2. The number of nitrogens with zero attached hydrogens (tertiary/aromatic N) is 1. The first kappa shape index (κ1) is 17.0. The number of nitro groups is 1. The van der Waals surface area contributed by atoms with E-state index in [9.17, 15) is 15.2 Å². The van der Waals surface area contributed by atoms with Crippen molar-refractivity contribution in [2.45, 2.75) is 57.6 Å². The lowest BCUT2D eigenvalue weighted by molar-refractivity contribution is -0.708. The van der Waals surface area contributed by atoms with Gasteiger partial charge in [-0.2, -0.15) is 0 Å². The van der Waals surface area contributed by atoms with Crippen LogP contribution in [0.2, 0.25) is 0 Å². The lowest BCUT2D eigenvalue weighted by atomic mass is 9.48. The molecule has 0 amide bonds. The van der Waals surface area contributed by atoms with Gasteiger partial charge in [-0.15, -0.1) is 0 Å². The summed E-state index contributed by atoms with van der Waals surface area (Å²) in [6, 6.07) is 6.83. The molecule has 5 nitrogen and oxygen atoms in total. The molecular weight excluding hydrogens is 316 g/mol. The van der Waals surface area contributed by atoms with E-state index in [4.69, 9.17) is 0 Å². The summed E-state index contributed by atoms with van der Waals surface area (Å²) < 4.78 is 0. The molecule has 0 radical (unpaired) electrons. The number of benzene rings is 1. The Hall–Kier alpha value is -1.46. The minimum atomic E-state index is -0.572. The van der Waals surface area contributed by atoms with Gasteiger partial charge in [0, 0.05) is 17.5 Å². The maximum atomic E-state index is 10.7. The van der Waals surface area contributed by atoms with Crippen molar-refractivity contribution in [2.75, 3.05) is 6.54 Å². The largest absolute Gasteiger partial charge is 0.382 e. The molecule has 5 rings (SSSR count). The van der Waals surface area contributed by atoms with Crippen LogP contribution in [0, 0.1) is 33.3 Å². The second-order valence-electron chi connectivity index (χ2n) is 8.90. The minimum absolute atomic E-state index is 0.0712. The van der Waals surface area contributed by atoms with Crippen molar-refractivity contribution >= 4 is 5.69 Å². The summed E-state index contributed by atoms with van der Waals surface area (Å²) in [6.07, 6.45) is 7.93. The molecule has 4 aliphatic rings. The Labute approximate surface area is 149 Å². The molecule has 4 aliphatic carbocycles. The number of nitrogens with two attached hydrogens (primary N) is 1. The molecule has 3 N–H and O–H groups in total. The van der Waals surface area contributed by atoms with E-state index in [0.717, 1.165) is 23.3 Å². The fourth-order valence-electron chi connectivity index (χ4n) is 6.27. The van der Waals surface area contributed by atoms with Crippen molar-refractivity contribution in [3.63, 3.8) is 0 Å². The molecule has 25 heavy (non-hydrogen) atoms. The molecule has 4 bridgehead atoms. The van der Waals surface area contributed by atoms with Gasteiger partial charge in [0.2, 0.25) is 0 Å². The van der Waals surface area contributed by atoms with Gasteiger partial charge in [-0.25, -0.2) is 0 Å². The quantitative estimate of drug-likeness (QED) is 0.614. The molecular formula is C20H29N2O3+. The van der Waals surface area contributed by atoms with Crippen LogP contribution in [0.1, 0.15) is 57.1 Å². The van der Waals surface area contributed by atoms with E-state index in [1.165, 1.54) is 50.7 Å². The molecule has 0 spiro atoms. The number of nitro benzene ring substituents is 1. The Morgan fingerprint density at radius 1 is 1.16 bits per heavy atom. The van der Waals surface area contributed by atoms with Crippen molar-refractivity contribution in [1.82, 2.24) is 0 Å². The highest BCUT2D eigenvalue weighted by molar-refractivity contribution is 5.33. The third-order valence-corrected chi connectivity index (χ3v) is 7.25. The van der Waals surface area contributed by atoms with Gasteiger partial charge in [-0.3, -0.25) is 10.1 Å². The fourth-order valence-corrected chi connectivity index (χ4v) is 6.27. The molecule has 4 saturated carbocycles. The van der Waals surface area contributed by atoms with Crippen molar-refractivity contribution < 1.29 is 15.3 Å². The van der Waals surface area contributed by atoms with Crippen LogP contribution in [0.5, 0.6) is 0 Å². The predicted octanol–water partition coefficient (Wildman–Crippen LogP) is 2.80. The molecule has 1 aromatic carbocycles. The number of aliphatic hydroxyl groups is 1. The summed E-state index contributed by atoms with van der Waals surface area (Å²) in [4.78, 5) is 10.3. The van der Waals surface area contributed by atoms with E-state index in [1.54, 1.807) is 12.1 Å². The average Bonchev–Trinajstić information content (AvgIpc) is 2.58. The molecule has 5 heteroatoms. The minimum Gasteiger partial charge on any atom is -0.382 e. The van der Waals surface area contributed by atoms with Crippen molar-refractivity contribution in [3.05, 3.63) is 39.9 Å². The van der Waals surface area contributed by atoms with E-state index >= 15 is 0 Å². The monoisotopic (exact) mass is 345 g/mol. The van der Waals surface area contributed by atoms with E-state index in [0.29, 0.717) is 18.0 Å². The molecule has 136 valence electrons. The van der Waals surface area contributed by atoms with Crippen LogP contribution >= 0.6 is 0 Å². The number of rotatable bonds is 6. The van der Waals surface area contributed by atoms with Crippen LogP contribution in [0.15, 0.2) is 24.3 Å². The summed E-state index contributed by atoms with van der Waals surface area (Å²) in [7, 11) is 0. The van der Waals surface area contributed by atoms with E-state index in [1.807, 2.05) is 0 Å². The molecule has 2 atom stereocenters. The maximum absolute atomic E-state index is 10.7. The Morgan fingerprint density at radius 2 is 1.68 bits per heavy atom. The first-order chi connectivity index (χ1) is 11.9. The first-order valence-corrected chi connectivity index (χ1v) is 9.71. The second kappa shape index (κ2) is 6.36. The van der Waals surface area contributed by atoms with Gasteiger partial charge in [-0.1, -0.05) is 0 Å². The van der Waals surface area contributed by atoms with Crippen LogP contribution in [0.25, 0.3) is 0 Å². The topological polar surface area (TPSA) is 80.0 Å². The highest BCUT2D eigenvalue weighted by Gasteiger charge is 2.54. The van der Waals surface area contributed by atoms with Crippen LogP contribution < -0.4 is 5.32 Å². The lowest BCUT2D eigenvalue weighted by Crippen LogP contribution is -2.93. The first-order valence-electron chi connectivity index (χ1n) is 9.71. The van der Waals surface area contributed by atoms with Crippen LogP contribution in [-0.4, -0.2) is 22.6 Å². The van der Waals surface area contributed by atoms with Gasteiger partial charge < -0.3 is 10.4 Å². The van der Waals surface area contributed by atoms with E-state index < -0.39 is 11.0 Å². The zero-order valence-electron chi connectivity index (χ0n) is 14.9. The highest BCUT2D eigenvalue weighted by Crippen LogP contribution is 2.60. The van der Waals surface area contributed by atoms with Gasteiger partial charge in [0.05, 0.1) is 11.0 Å². The molecule has 0 aliphatic heterocycles. The lowest BCUT2D eigenvalue weighted by Gasteiger charge is -2.57. The zero-order chi connectivity index (χ0) is 17.6. The van der Waals surface area contributed by atoms with Gasteiger partial charge in [0.15, 0.2) is 0 Å². The third kappa shape index (κ3) is 3.20. The van der Waals surface area contributed by atoms with E-state index in [-0.39, 0.29) is 5.69 Å². The normalized spacial score (nSPS) is 35.5. The van der Waals surface area contributed by atoms with Crippen molar-refractivity contribution in [3.8, 4) is 0 Å². The third-order valence-electron chi connectivity index (χ3n) is 7.25. The number of hydrogen-bond acceptors (Lipinski definition) is 3. The molecule has 0 unspecified atom stereocenters. The average molecular weight is 345 g/mol. The molecule has 0 saturated heterocycles. The summed E-state index contributed by atoms with van der Waals surface area (Å²) in [5.74, 6) is 2.84. The molecule has 0 aromatic heterocycles. The smallest absolute Gasteiger partial charge is 0.269 e. The number of non-ortho nitro benzene ring substituents is 1. The molecule has 4 fully saturated rings. The summed E-state index contributed by atoms with van der Waals surface area (Å²) in [5.41, 5.74) is 1.31. The fraction of sp³-hybridized carbons (Fsp3) is 0.700. The molecule has 1 aromatic rings. The summed E-state index contributed by atoms with van der Waals surface area (Å²) in [5, 5.41) is 23.5. The van der Waals surface area contributed by atoms with Crippen molar-refractivity contribution in [2.24, 2.45) is 23.2 Å². The zero-order valence-corrected chi connectivity index (χ0v) is 14.9. The Balaban J connectivity index is 1.37. The number of hydrogen-bond donors (Lipinski definition) is 2. The summed E-state index contributed by atoms with van der Waals surface area (Å²) >= 11 is 0. The van der Waals surface area contributed by atoms with Gasteiger partial charge in [0.25, 0.3) is 5.69 Å². The standard InChI is InChI=1S/C20H28N2O3/c1-13(20-9-14-6-15(10-20)8-16(7-14)11-20)21-12-19(23)17-2-4-18(5-3-17)22(24)25/h2-5,13-16,19,21,23H,6-12H2,1H3/p+1/t13-,14?,15?,16?,19-,20?/m1/s1. The van der Waals surface area contributed by atoms with Crippen LogP contribution in [0.4, 0.5) is 5.69 Å². The highest BCUT2D eigenvalue weighted by atomic mass is 16.6. The Morgan fingerprint density at radius 3 is 2.16 bits per heavy atom. The molecule has 0 heterocycles. The maximum Gasteiger partial charge on any atom is 0.269 e. The number of aliphatic hydroxyl groups excluding tert-OH is 1. The second-order valence-corrected chi connectivity index (χ2v) is 8.90. The number of quaternary nitrogens is 1. The van der Waals surface area contributed by atoms with Gasteiger partial charge >= 0.3 is 0 Å². The van der Waals surface area contributed by atoms with Crippen LogP contribution in [-0.2, 0) is 0 Å². The Bertz CT molecular complexity index is 608. The Kier molecular flexibility index (Phi) is 4.32. The van der Waals surface area contributed by atoms with Gasteiger partial charge in [-0.05, 0) is 80.9 Å². The van der Waals surface area contributed by atoms with Crippen LogP contribution in [0.3, 0.4) is 0 Å². The van der Waals surface area contributed by atoms with E-state index in [2.05, 4.69) is 12.2 Å².